The summed E-state index contributed by atoms with van der Waals surface area (Å²) in [5.41, 5.74) is 4.41. The van der Waals surface area contributed by atoms with E-state index in [2.05, 4.69) is 6.08 Å². The zero-order chi connectivity index (χ0) is 14.1. The van der Waals surface area contributed by atoms with Crippen molar-refractivity contribution in [2.24, 2.45) is 0 Å². The minimum absolute atomic E-state index is 0.205. The van der Waals surface area contributed by atoms with Gasteiger partial charge < -0.3 is 14.9 Å². The molecule has 0 bridgehead atoms. The number of rotatable bonds is 2. The lowest BCUT2D eigenvalue weighted by molar-refractivity contribution is 0.407. The largest absolute Gasteiger partial charge is 0.508 e. The van der Waals surface area contributed by atoms with Crippen LogP contribution in [0.1, 0.15) is 23.1 Å². The van der Waals surface area contributed by atoms with Gasteiger partial charge in [0.2, 0.25) is 0 Å². The number of phenolic OH excluding ortho intramolecular Hbond substituents is 2. The van der Waals surface area contributed by atoms with Gasteiger partial charge in [0.1, 0.15) is 17.2 Å². The van der Waals surface area contributed by atoms with Crippen molar-refractivity contribution in [1.29, 1.82) is 0 Å². The molecule has 0 heterocycles. The number of hydrogen-bond acceptors (Lipinski definition) is 3. The Bertz CT molecular complexity index is 687. The fourth-order valence-corrected chi connectivity index (χ4v) is 2.59. The summed E-state index contributed by atoms with van der Waals surface area (Å²) >= 11 is 0. The van der Waals surface area contributed by atoms with Crippen LogP contribution < -0.4 is 4.74 Å². The van der Waals surface area contributed by atoms with Crippen molar-refractivity contribution in [1.82, 2.24) is 0 Å². The molecule has 0 amide bonds. The quantitative estimate of drug-likeness (QED) is 0.875. The van der Waals surface area contributed by atoms with Gasteiger partial charge in [0.05, 0.1) is 7.11 Å². The van der Waals surface area contributed by atoms with Gasteiger partial charge in [-0.2, -0.15) is 0 Å². The normalized spacial score (nSPS) is 13.6. The molecule has 3 heteroatoms. The van der Waals surface area contributed by atoms with Gasteiger partial charge in [-0.3, -0.25) is 0 Å². The van der Waals surface area contributed by atoms with E-state index in [9.17, 15) is 10.2 Å². The molecule has 102 valence electrons. The molecule has 1 aliphatic rings. The highest BCUT2D eigenvalue weighted by molar-refractivity contribution is 5.85. The van der Waals surface area contributed by atoms with Crippen LogP contribution in [0.2, 0.25) is 0 Å². The maximum Gasteiger partial charge on any atom is 0.123 e. The summed E-state index contributed by atoms with van der Waals surface area (Å²) in [7, 11) is 1.59. The van der Waals surface area contributed by atoms with Crippen LogP contribution in [0.5, 0.6) is 17.2 Å². The molecule has 20 heavy (non-hydrogen) atoms. The second kappa shape index (κ2) is 4.93. The van der Waals surface area contributed by atoms with Gasteiger partial charge in [-0.15, -0.1) is 0 Å². The van der Waals surface area contributed by atoms with Crippen molar-refractivity contribution in [3.63, 3.8) is 0 Å². The molecule has 2 N–H and O–H groups in total. The smallest absolute Gasteiger partial charge is 0.123 e. The predicted molar refractivity (Wildman–Crippen MR) is 79.0 cm³/mol. The molecule has 0 saturated heterocycles. The highest BCUT2D eigenvalue weighted by Crippen LogP contribution is 2.34. The van der Waals surface area contributed by atoms with Gasteiger partial charge in [0, 0.05) is 6.07 Å². The number of allylic oxidation sites excluding steroid dienone is 1. The maximum absolute atomic E-state index is 9.75. The first kappa shape index (κ1) is 12.6. The molecule has 2 aromatic carbocycles. The topological polar surface area (TPSA) is 49.7 Å². The summed E-state index contributed by atoms with van der Waals surface area (Å²) in [6.07, 6.45) is 3.86. The Hall–Kier alpha value is -2.42. The molecule has 0 aromatic heterocycles. The first-order valence-electron chi connectivity index (χ1n) is 6.56. The van der Waals surface area contributed by atoms with Crippen LogP contribution in [-0.4, -0.2) is 17.3 Å². The molecular formula is C17H16O3. The van der Waals surface area contributed by atoms with E-state index in [0.717, 1.165) is 35.1 Å². The van der Waals surface area contributed by atoms with Gasteiger partial charge in [0.25, 0.3) is 0 Å². The third kappa shape index (κ3) is 2.35. The van der Waals surface area contributed by atoms with Crippen LogP contribution in [0.25, 0.3) is 11.6 Å². The number of hydrogen-bond donors (Lipinski definition) is 2. The summed E-state index contributed by atoms with van der Waals surface area (Å²) in [4.78, 5) is 0. The molecular weight excluding hydrogens is 252 g/mol. The zero-order valence-corrected chi connectivity index (χ0v) is 11.3. The molecule has 0 saturated carbocycles. The highest BCUT2D eigenvalue weighted by Gasteiger charge is 2.13. The summed E-state index contributed by atoms with van der Waals surface area (Å²) in [5, 5.41) is 19.3. The van der Waals surface area contributed by atoms with E-state index in [1.807, 2.05) is 18.2 Å². The third-order valence-electron chi connectivity index (χ3n) is 3.62. The third-order valence-corrected chi connectivity index (χ3v) is 3.62. The van der Waals surface area contributed by atoms with Crippen LogP contribution in [0, 0.1) is 0 Å². The Morgan fingerprint density at radius 1 is 0.950 bits per heavy atom. The van der Waals surface area contributed by atoms with Crippen molar-refractivity contribution in [3.05, 3.63) is 53.1 Å². The van der Waals surface area contributed by atoms with Crippen LogP contribution in [-0.2, 0) is 6.42 Å². The lowest BCUT2D eigenvalue weighted by atomic mass is 9.88. The number of aryl methyl sites for hydroxylation is 1. The van der Waals surface area contributed by atoms with Gasteiger partial charge in [-0.05, 0) is 59.4 Å². The number of fused-ring (bicyclic) bond motifs is 1. The van der Waals surface area contributed by atoms with Crippen LogP contribution in [0.3, 0.4) is 0 Å². The molecule has 0 aliphatic heterocycles. The van der Waals surface area contributed by atoms with Crippen molar-refractivity contribution in [2.75, 3.05) is 7.11 Å². The Morgan fingerprint density at radius 3 is 2.60 bits per heavy atom. The number of benzene rings is 2. The SMILES string of the molecule is COc1cc(O)cc(C2=Cc3ccc(O)cc3CC2)c1. The molecule has 0 spiro atoms. The molecule has 0 atom stereocenters. The molecule has 0 fully saturated rings. The van der Waals surface area contributed by atoms with E-state index in [1.165, 1.54) is 0 Å². The van der Waals surface area contributed by atoms with E-state index in [4.69, 9.17) is 4.74 Å². The summed E-state index contributed by atoms with van der Waals surface area (Å²) in [5.74, 6) is 1.16. The molecule has 1 aliphatic carbocycles. The van der Waals surface area contributed by atoms with Crippen molar-refractivity contribution in [2.45, 2.75) is 12.8 Å². The number of phenols is 2. The van der Waals surface area contributed by atoms with E-state index in [0.29, 0.717) is 11.5 Å². The van der Waals surface area contributed by atoms with Crippen molar-refractivity contribution in [3.8, 4) is 17.2 Å². The second-order valence-corrected chi connectivity index (χ2v) is 4.97. The summed E-state index contributed by atoms with van der Waals surface area (Å²) < 4.78 is 5.19. The van der Waals surface area contributed by atoms with E-state index < -0.39 is 0 Å². The maximum atomic E-state index is 9.75. The molecule has 3 rings (SSSR count). The van der Waals surface area contributed by atoms with E-state index >= 15 is 0 Å². The first-order valence-corrected chi connectivity index (χ1v) is 6.56. The fraction of sp³-hybridized carbons (Fsp3) is 0.176. The fourth-order valence-electron chi connectivity index (χ4n) is 2.59. The number of ether oxygens (including phenoxy) is 1. The minimum Gasteiger partial charge on any atom is -0.508 e. The zero-order valence-electron chi connectivity index (χ0n) is 11.3. The van der Waals surface area contributed by atoms with Gasteiger partial charge in [-0.1, -0.05) is 12.1 Å². The summed E-state index contributed by atoms with van der Waals surface area (Å²) in [6, 6.07) is 10.7. The standard InChI is InChI=1S/C17H16O3/c1-20-17-9-14(8-16(19)10-17)12-2-3-13-7-15(18)5-4-11(13)6-12/h4-10,18-19H,2-3H2,1H3. The molecule has 0 unspecified atom stereocenters. The van der Waals surface area contributed by atoms with E-state index in [1.54, 1.807) is 25.3 Å². The number of aromatic hydroxyl groups is 2. The molecule has 2 aromatic rings. The van der Waals surface area contributed by atoms with Gasteiger partial charge in [-0.25, -0.2) is 0 Å². The first-order chi connectivity index (χ1) is 9.65. The van der Waals surface area contributed by atoms with Crippen LogP contribution >= 0.6 is 0 Å². The second-order valence-electron chi connectivity index (χ2n) is 4.97. The van der Waals surface area contributed by atoms with Crippen molar-refractivity contribution >= 4 is 11.6 Å². The number of methoxy groups -OCH3 is 1. The molecule has 0 radical (unpaired) electrons. The predicted octanol–water partition coefficient (Wildman–Crippen LogP) is 3.59. The monoisotopic (exact) mass is 268 g/mol. The van der Waals surface area contributed by atoms with Crippen molar-refractivity contribution < 1.29 is 14.9 Å². The minimum atomic E-state index is 0.205. The Labute approximate surface area is 117 Å². The lowest BCUT2D eigenvalue weighted by Gasteiger charge is -2.17. The van der Waals surface area contributed by atoms with Crippen LogP contribution in [0.4, 0.5) is 0 Å². The average molecular weight is 268 g/mol. The highest BCUT2D eigenvalue weighted by atomic mass is 16.5. The van der Waals surface area contributed by atoms with E-state index in [-0.39, 0.29) is 5.75 Å². The van der Waals surface area contributed by atoms with Gasteiger partial charge >= 0.3 is 0 Å². The van der Waals surface area contributed by atoms with Gasteiger partial charge in [0.15, 0.2) is 0 Å². The van der Waals surface area contributed by atoms with Crippen LogP contribution in [0.15, 0.2) is 36.4 Å². The lowest BCUT2D eigenvalue weighted by Crippen LogP contribution is -1.99. The Morgan fingerprint density at radius 2 is 1.80 bits per heavy atom. The summed E-state index contributed by atoms with van der Waals surface area (Å²) in [6.45, 7) is 0. The molecule has 3 nitrogen and oxygen atoms in total. The average Bonchev–Trinajstić information content (AvgIpc) is 2.46. The Kier molecular flexibility index (Phi) is 3.11. The Balaban J connectivity index is 2.03.